The average Bonchev–Trinajstić information content (AvgIpc) is 2.96. The van der Waals surface area contributed by atoms with Gasteiger partial charge in [-0.1, -0.05) is 0 Å². The number of carbonyl (C=O) groups is 2. The molecule has 0 aliphatic rings. The molecule has 2 N–H and O–H groups in total. The number of esters is 1. The number of nitrogens with zero attached hydrogens (tertiary/aromatic N) is 1. The molecule has 0 aliphatic carbocycles. The zero-order valence-corrected chi connectivity index (χ0v) is 18.1. The minimum absolute atomic E-state index is 0.0585. The molecule has 0 radical (unpaired) electrons. The highest BCUT2D eigenvalue weighted by atomic mass is 32.2. The number of rotatable bonds is 7. The summed E-state index contributed by atoms with van der Waals surface area (Å²) in [6.45, 7) is 5.33. The zero-order chi connectivity index (χ0) is 21.9. The van der Waals surface area contributed by atoms with E-state index in [0.29, 0.717) is 23.4 Å². The van der Waals surface area contributed by atoms with Crippen molar-refractivity contribution in [2.24, 2.45) is 0 Å². The molecule has 0 saturated carbocycles. The highest BCUT2D eigenvalue weighted by Gasteiger charge is 2.25. The summed E-state index contributed by atoms with van der Waals surface area (Å²) in [7, 11) is 0.299. The summed E-state index contributed by atoms with van der Waals surface area (Å²) in [6, 6.07) is 4.37. The average molecular weight is 423 g/mol. The normalized spacial score (nSPS) is 11.4. The molecule has 2 aromatic rings. The number of sulfonamides is 1. The SMILES string of the molecule is CCOc1ccc(NC(=O)c2[nH]c(C)c(C(=O)OC)c2C)cc1S(=O)(=O)N(C)C. The smallest absolute Gasteiger partial charge is 0.339 e. The molecule has 0 aliphatic heterocycles. The number of benzene rings is 1. The van der Waals surface area contributed by atoms with Gasteiger partial charge in [0, 0.05) is 25.5 Å². The standard InChI is InChI=1S/C19H25N3O6S/c1-7-28-14-9-8-13(10-15(14)29(25,26)22(4)5)21-18(23)17-11(2)16(12(3)20-17)19(24)27-6/h8-10,20H,7H2,1-6H3,(H,21,23). The van der Waals surface area contributed by atoms with Crippen molar-refractivity contribution < 1.29 is 27.5 Å². The maximum absolute atomic E-state index is 12.7. The van der Waals surface area contributed by atoms with Crippen molar-refractivity contribution in [3.63, 3.8) is 0 Å². The molecule has 1 amide bonds. The number of ether oxygens (including phenoxy) is 2. The van der Waals surface area contributed by atoms with Gasteiger partial charge in [-0.25, -0.2) is 17.5 Å². The van der Waals surface area contributed by atoms with Crippen LogP contribution in [0.1, 0.15) is 39.0 Å². The summed E-state index contributed by atoms with van der Waals surface area (Å²) in [6.07, 6.45) is 0. The van der Waals surface area contributed by atoms with E-state index in [1.807, 2.05) is 0 Å². The predicted octanol–water partition coefficient (Wildman–Crippen LogP) is 2.32. The number of aromatic amines is 1. The number of aromatic nitrogens is 1. The Morgan fingerprint density at radius 1 is 1.21 bits per heavy atom. The van der Waals surface area contributed by atoms with E-state index >= 15 is 0 Å². The largest absolute Gasteiger partial charge is 0.492 e. The number of carbonyl (C=O) groups excluding carboxylic acids is 2. The lowest BCUT2D eigenvalue weighted by Crippen LogP contribution is -2.23. The van der Waals surface area contributed by atoms with Gasteiger partial charge in [0.1, 0.15) is 16.3 Å². The van der Waals surface area contributed by atoms with E-state index in [1.54, 1.807) is 26.8 Å². The van der Waals surface area contributed by atoms with Crippen molar-refractivity contribution in [2.75, 3.05) is 33.1 Å². The lowest BCUT2D eigenvalue weighted by atomic mass is 10.1. The fourth-order valence-corrected chi connectivity index (χ4v) is 3.89. The van der Waals surface area contributed by atoms with Crippen LogP contribution in [0, 0.1) is 13.8 Å². The van der Waals surface area contributed by atoms with E-state index < -0.39 is 21.9 Å². The summed E-state index contributed by atoms with van der Waals surface area (Å²) in [4.78, 5) is 27.5. The van der Waals surface area contributed by atoms with Crippen molar-refractivity contribution >= 4 is 27.6 Å². The maximum Gasteiger partial charge on any atom is 0.339 e. The van der Waals surface area contributed by atoms with Crippen LogP contribution in [0.4, 0.5) is 5.69 Å². The molecular formula is C19H25N3O6S. The molecule has 0 bridgehead atoms. The van der Waals surface area contributed by atoms with Crippen LogP contribution in [0.2, 0.25) is 0 Å². The van der Waals surface area contributed by atoms with E-state index in [-0.39, 0.29) is 22.0 Å². The van der Waals surface area contributed by atoms with Gasteiger partial charge in [-0.3, -0.25) is 4.79 Å². The van der Waals surface area contributed by atoms with Crippen molar-refractivity contribution in [3.05, 3.63) is 40.7 Å². The molecule has 0 atom stereocenters. The van der Waals surface area contributed by atoms with Gasteiger partial charge in [-0.2, -0.15) is 0 Å². The van der Waals surface area contributed by atoms with E-state index in [2.05, 4.69) is 10.3 Å². The second-order valence-electron chi connectivity index (χ2n) is 6.45. The molecule has 1 aromatic heterocycles. The summed E-state index contributed by atoms with van der Waals surface area (Å²) < 4.78 is 36.5. The maximum atomic E-state index is 12.7. The molecule has 0 saturated heterocycles. The number of H-pyrrole nitrogens is 1. The lowest BCUT2D eigenvalue weighted by molar-refractivity contribution is 0.0599. The Kier molecular flexibility index (Phi) is 6.70. The molecule has 0 spiro atoms. The molecular weight excluding hydrogens is 398 g/mol. The summed E-state index contributed by atoms with van der Waals surface area (Å²) in [5.41, 5.74) is 1.69. The first-order valence-corrected chi connectivity index (χ1v) is 10.3. The Hall–Kier alpha value is -2.85. The number of methoxy groups -OCH3 is 1. The topological polar surface area (TPSA) is 118 Å². The van der Waals surface area contributed by atoms with E-state index in [4.69, 9.17) is 9.47 Å². The van der Waals surface area contributed by atoms with Gasteiger partial charge in [0.05, 0.1) is 19.3 Å². The molecule has 158 valence electrons. The van der Waals surface area contributed by atoms with Crippen LogP contribution in [0.25, 0.3) is 0 Å². The van der Waals surface area contributed by atoms with Gasteiger partial charge in [-0.05, 0) is 44.5 Å². The molecule has 2 rings (SSSR count). The molecule has 0 unspecified atom stereocenters. The number of amides is 1. The van der Waals surface area contributed by atoms with Crippen molar-refractivity contribution in [3.8, 4) is 5.75 Å². The van der Waals surface area contributed by atoms with Crippen LogP contribution in [0.5, 0.6) is 5.75 Å². The van der Waals surface area contributed by atoms with Gasteiger partial charge < -0.3 is 19.8 Å². The second kappa shape index (κ2) is 8.66. The highest BCUT2D eigenvalue weighted by Crippen LogP contribution is 2.29. The number of anilines is 1. The van der Waals surface area contributed by atoms with Crippen LogP contribution in [-0.2, 0) is 14.8 Å². The Balaban J connectivity index is 2.43. The Morgan fingerprint density at radius 2 is 1.86 bits per heavy atom. The number of aryl methyl sites for hydroxylation is 1. The summed E-state index contributed by atoms with van der Waals surface area (Å²) >= 11 is 0. The van der Waals surface area contributed by atoms with Crippen LogP contribution in [0.3, 0.4) is 0 Å². The first-order chi connectivity index (χ1) is 13.5. The van der Waals surface area contributed by atoms with E-state index in [9.17, 15) is 18.0 Å². The number of hydrogen-bond donors (Lipinski definition) is 2. The number of hydrogen-bond acceptors (Lipinski definition) is 6. The Morgan fingerprint density at radius 3 is 2.41 bits per heavy atom. The molecule has 29 heavy (non-hydrogen) atoms. The molecule has 1 aromatic carbocycles. The van der Waals surface area contributed by atoms with Crippen molar-refractivity contribution in [2.45, 2.75) is 25.7 Å². The molecule has 1 heterocycles. The Bertz CT molecular complexity index is 1040. The Labute approximate surface area is 170 Å². The number of nitrogens with one attached hydrogen (secondary N) is 2. The van der Waals surface area contributed by atoms with E-state index in [0.717, 1.165) is 4.31 Å². The third-order valence-corrected chi connectivity index (χ3v) is 6.15. The van der Waals surface area contributed by atoms with E-state index in [1.165, 1.54) is 33.3 Å². The van der Waals surface area contributed by atoms with Crippen molar-refractivity contribution in [1.82, 2.24) is 9.29 Å². The van der Waals surface area contributed by atoms with Gasteiger partial charge in [-0.15, -0.1) is 0 Å². The van der Waals surface area contributed by atoms with Crippen LogP contribution >= 0.6 is 0 Å². The first-order valence-electron chi connectivity index (χ1n) is 8.82. The van der Waals surface area contributed by atoms with Gasteiger partial charge >= 0.3 is 5.97 Å². The van der Waals surface area contributed by atoms with Gasteiger partial charge in [0.2, 0.25) is 10.0 Å². The van der Waals surface area contributed by atoms with Crippen LogP contribution < -0.4 is 10.1 Å². The van der Waals surface area contributed by atoms with Gasteiger partial charge in [0.15, 0.2) is 0 Å². The van der Waals surface area contributed by atoms with Crippen LogP contribution in [0.15, 0.2) is 23.1 Å². The monoisotopic (exact) mass is 423 g/mol. The lowest BCUT2D eigenvalue weighted by Gasteiger charge is -2.16. The molecule has 10 heteroatoms. The second-order valence-corrected chi connectivity index (χ2v) is 8.57. The summed E-state index contributed by atoms with van der Waals surface area (Å²) in [5.74, 6) is -0.868. The third-order valence-electron chi connectivity index (χ3n) is 4.31. The summed E-state index contributed by atoms with van der Waals surface area (Å²) in [5, 5.41) is 2.66. The molecule has 0 fully saturated rings. The predicted molar refractivity (Wildman–Crippen MR) is 108 cm³/mol. The van der Waals surface area contributed by atoms with Crippen molar-refractivity contribution in [1.29, 1.82) is 0 Å². The minimum Gasteiger partial charge on any atom is -0.492 e. The highest BCUT2D eigenvalue weighted by molar-refractivity contribution is 7.89. The molecule has 9 nitrogen and oxygen atoms in total. The fraction of sp³-hybridized carbons (Fsp3) is 0.368. The zero-order valence-electron chi connectivity index (χ0n) is 17.2. The fourth-order valence-electron chi connectivity index (χ4n) is 2.84. The van der Waals surface area contributed by atoms with Crippen LogP contribution in [-0.4, -0.2) is 57.4 Å². The quantitative estimate of drug-likeness (QED) is 0.660. The third kappa shape index (κ3) is 4.43. The first kappa shape index (κ1) is 22.4. The van der Waals surface area contributed by atoms with Gasteiger partial charge in [0.25, 0.3) is 5.91 Å². The minimum atomic E-state index is -3.79.